The molecule has 0 fully saturated rings. The molecule has 0 spiro atoms. The molecular formula is C12H19N3O4. The van der Waals surface area contributed by atoms with Gasteiger partial charge < -0.3 is 9.63 Å². The Morgan fingerprint density at radius 1 is 1.47 bits per heavy atom. The summed E-state index contributed by atoms with van der Waals surface area (Å²) in [6, 6.07) is 0.850. The molecule has 0 bridgehead atoms. The Kier molecular flexibility index (Phi) is 5.50. The molecule has 1 aromatic rings. The highest BCUT2D eigenvalue weighted by molar-refractivity contribution is 5.91. The number of hydrogen-bond acceptors (Lipinski definition) is 5. The zero-order chi connectivity index (χ0) is 14.4. The first-order valence-electron chi connectivity index (χ1n) is 6.08. The van der Waals surface area contributed by atoms with Crippen LogP contribution >= 0.6 is 0 Å². The first-order valence-corrected chi connectivity index (χ1v) is 6.08. The first-order chi connectivity index (χ1) is 8.88. The zero-order valence-corrected chi connectivity index (χ0v) is 11.3. The third-order valence-electron chi connectivity index (χ3n) is 2.40. The number of carboxylic acids is 1. The molecule has 0 saturated carbocycles. The lowest BCUT2D eigenvalue weighted by molar-refractivity contribution is -0.139. The van der Waals surface area contributed by atoms with E-state index in [1.807, 2.05) is 13.8 Å². The number of aryl methyl sites for hydroxylation is 1. The number of nitrogens with zero attached hydrogens (tertiary/aromatic N) is 1. The molecule has 1 amide bonds. The number of carboxylic acid groups (broad SMARTS) is 1. The van der Waals surface area contributed by atoms with Crippen LogP contribution in [0.2, 0.25) is 0 Å². The van der Waals surface area contributed by atoms with Crippen LogP contribution in [0, 0.1) is 12.8 Å². The van der Waals surface area contributed by atoms with Crippen LogP contribution in [0.5, 0.6) is 0 Å². The third kappa shape index (κ3) is 5.52. The van der Waals surface area contributed by atoms with Crippen molar-refractivity contribution >= 4 is 17.8 Å². The molecule has 1 atom stereocenters. The summed E-state index contributed by atoms with van der Waals surface area (Å²) in [4.78, 5) is 22.6. The second kappa shape index (κ2) is 6.89. The highest BCUT2D eigenvalue weighted by Gasteiger charge is 2.19. The number of rotatable bonds is 7. The first kappa shape index (κ1) is 15.2. The zero-order valence-electron chi connectivity index (χ0n) is 11.3. The van der Waals surface area contributed by atoms with Gasteiger partial charge in [-0.25, -0.2) is 0 Å². The van der Waals surface area contributed by atoms with Crippen LogP contribution < -0.4 is 10.6 Å². The van der Waals surface area contributed by atoms with Crippen LogP contribution in [-0.4, -0.2) is 34.7 Å². The second-order valence-corrected chi connectivity index (χ2v) is 4.78. The maximum Gasteiger partial charge on any atom is 0.320 e. The van der Waals surface area contributed by atoms with Crippen molar-refractivity contribution in [3.63, 3.8) is 0 Å². The molecule has 1 unspecified atom stereocenters. The summed E-state index contributed by atoms with van der Waals surface area (Å²) >= 11 is 0. The Hall–Kier alpha value is -1.89. The topological polar surface area (TPSA) is 104 Å². The summed E-state index contributed by atoms with van der Waals surface area (Å²) < 4.78 is 4.83. The lowest BCUT2D eigenvalue weighted by atomic mass is 10.0. The van der Waals surface area contributed by atoms with Crippen LogP contribution in [0.1, 0.15) is 26.0 Å². The van der Waals surface area contributed by atoms with E-state index in [2.05, 4.69) is 15.8 Å². The van der Waals surface area contributed by atoms with Gasteiger partial charge in [0.1, 0.15) is 6.04 Å². The molecule has 0 saturated heterocycles. The number of hydrogen-bond donors (Lipinski definition) is 3. The molecule has 3 N–H and O–H groups in total. The number of amides is 1. The Labute approximate surface area is 111 Å². The normalized spacial score (nSPS) is 12.4. The highest BCUT2D eigenvalue weighted by atomic mass is 16.5. The summed E-state index contributed by atoms with van der Waals surface area (Å²) in [5, 5.41) is 17.8. The molecule has 0 aliphatic rings. The SMILES string of the molecule is Cc1cc(NC(=O)CNC(CC(C)C)C(=O)O)on1. The fourth-order valence-corrected chi connectivity index (χ4v) is 1.56. The lowest BCUT2D eigenvalue weighted by Gasteiger charge is -2.15. The van der Waals surface area contributed by atoms with E-state index in [0.717, 1.165) is 0 Å². The second-order valence-electron chi connectivity index (χ2n) is 4.78. The van der Waals surface area contributed by atoms with Crippen molar-refractivity contribution in [3.05, 3.63) is 11.8 Å². The number of anilines is 1. The van der Waals surface area contributed by atoms with Gasteiger partial charge in [0, 0.05) is 6.07 Å². The highest BCUT2D eigenvalue weighted by Crippen LogP contribution is 2.08. The maximum absolute atomic E-state index is 11.6. The van der Waals surface area contributed by atoms with Gasteiger partial charge in [0.15, 0.2) is 0 Å². The number of carbonyl (C=O) groups is 2. The van der Waals surface area contributed by atoms with Gasteiger partial charge in [-0.3, -0.25) is 20.2 Å². The van der Waals surface area contributed by atoms with E-state index in [1.54, 1.807) is 13.0 Å². The fourth-order valence-electron chi connectivity index (χ4n) is 1.56. The van der Waals surface area contributed by atoms with Crippen LogP contribution in [0.25, 0.3) is 0 Å². The largest absolute Gasteiger partial charge is 0.480 e. The van der Waals surface area contributed by atoms with E-state index in [0.29, 0.717) is 12.1 Å². The monoisotopic (exact) mass is 269 g/mol. The maximum atomic E-state index is 11.6. The summed E-state index contributed by atoms with van der Waals surface area (Å²) in [5.74, 6) is -0.850. The van der Waals surface area contributed by atoms with E-state index in [-0.39, 0.29) is 24.3 Å². The van der Waals surface area contributed by atoms with Gasteiger partial charge in [0.05, 0.1) is 12.2 Å². The van der Waals surface area contributed by atoms with Crippen LogP contribution in [0.15, 0.2) is 10.6 Å². The van der Waals surface area contributed by atoms with E-state index < -0.39 is 12.0 Å². The number of aliphatic carboxylic acids is 1. The minimum Gasteiger partial charge on any atom is -0.480 e. The van der Waals surface area contributed by atoms with Crippen molar-refractivity contribution < 1.29 is 19.2 Å². The van der Waals surface area contributed by atoms with Crippen LogP contribution in [-0.2, 0) is 9.59 Å². The molecule has 0 radical (unpaired) electrons. The Morgan fingerprint density at radius 2 is 2.16 bits per heavy atom. The minimum absolute atomic E-state index is 0.0938. The Morgan fingerprint density at radius 3 is 2.63 bits per heavy atom. The third-order valence-corrected chi connectivity index (χ3v) is 2.40. The average molecular weight is 269 g/mol. The van der Waals surface area contributed by atoms with Gasteiger partial charge in [-0.1, -0.05) is 19.0 Å². The average Bonchev–Trinajstić information content (AvgIpc) is 2.69. The smallest absolute Gasteiger partial charge is 0.320 e. The number of aromatic nitrogens is 1. The summed E-state index contributed by atoms with van der Waals surface area (Å²) in [6.45, 7) is 5.49. The summed E-state index contributed by atoms with van der Waals surface area (Å²) in [5.41, 5.74) is 0.659. The van der Waals surface area contributed by atoms with Crippen molar-refractivity contribution in [3.8, 4) is 0 Å². The van der Waals surface area contributed by atoms with Gasteiger partial charge in [0.2, 0.25) is 11.8 Å². The van der Waals surface area contributed by atoms with Crippen LogP contribution in [0.3, 0.4) is 0 Å². The fraction of sp³-hybridized carbons (Fsp3) is 0.583. The minimum atomic E-state index is -0.961. The molecule has 7 nitrogen and oxygen atoms in total. The van der Waals surface area contributed by atoms with Gasteiger partial charge in [-0.05, 0) is 19.3 Å². The molecular weight excluding hydrogens is 250 g/mol. The van der Waals surface area contributed by atoms with Crippen molar-refractivity contribution in [1.82, 2.24) is 10.5 Å². The predicted octanol–water partition coefficient (Wildman–Crippen LogP) is 1.01. The molecule has 1 heterocycles. The van der Waals surface area contributed by atoms with E-state index >= 15 is 0 Å². The molecule has 19 heavy (non-hydrogen) atoms. The number of carbonyl (C=O) groups excluding carboxylic acids is 1. The summed E-state index contributed by atoms with van der Waals surface area (Å²) in [6.07, 6.45) is 0.462. The molecule has 0 aliphatic heterocycles. The van der Waals surface area contributed by atoms with Crippen LogP contribution in [0.4, 0.5) is 5.88 Å². The molecule has 1 rings (SSSR count). The predicted molar refractivity (Wildman–Crippen MR) is 68.8 cm³/mol. The van der Waals surface area contributed by atoms with Crippen molar-refractivity contribution in [1.29, 1.82) is 0 Å². The molecule has 106 valence electrons. The Bertz CT molecular complexity index is 442. The van der Waals surface area contributed by atoms with Crippen molar-refractivity contribution in [2.75, 3.05) is 11.9 Å². The van der Waals surface area contributed by atoms with Gasteiger partial charge in [-0.15, -0.1) is 0 Å². The molecule has 0 aliphatic carbocycles. The van der Waals surface area contributed by atoms with Gasteiger partial charge in [-0.2, -0.15) is 0 Å². The standard InChI is InChI=1S/C12H19N3O4/c1-7(2)4-9(12(17)18)13-6-10(16)14-11-5-8(3)15-19-11/h5,7,9,13H,4,6H2,1-3H3,(H,14,16)(H,17,18). The lowest BCUT2D eigenvalue weighted by Crippen LogP contribution is -2.41. The van der Waals surface area contributed by atoms with Gasteiger partial charge in [0.25, 0.3) is 0 Å². The summed E-state index contributed by atoms with van der Waals surface area (Å²) in [7, 11) is 0. The van der Waals surface area contributed by atoms with E-state index in [4.69, 9.17) is 9.63 Å². The van der Waals surface area contributed by atoms with Gasteiger partial charge >= 0.3 is 5.97 Å². The molecule has 0 aromatic carbocycles. The van der Waals surface area contributed by atoms with Crippen molar-refractivity contribution in [2.45, 2.75) is 33.2 Å². The number of nitrogens with one attached hydrogen (secondary N) is 2. The Balaban J connectivity index is 2.41. The quantitative estimate of drug-likeness (QED) is 0.682. The van der Waals surface area contributed by atoms with E-state index in [9.17, 15) is 9.59 Å². The van der Waals surface area contributed by atoms with E-state index in [1.165, 1.54) is 0 Å². The van der Waals surface area contributed by atoms with Crippen molar-refractivity contribution in [2.24, 2.45) is 5.92 Å². The molecule has 7 heteroatoms. The molecule has 1 aromatic heterocycles.